The highest BCUT2D eigenvalue weighted by Crippen LogP contribution is 2.21. The summed E-state index contributed by atoms with van der Waals surface area (Å²) in [5.74, 6) is -0.741. The lowest BCUT2D eigenvalue weighted by Crippen LogP contribution is -2.22. The van der Waals surface area contributed by atoms with Gasteiger partial charge in [0, 0.05) is 13.6 Å². The molecule has 0 spiro atoms. The van der Waals surface area contributed by atoms with Crippen molar-refractivity contribution in [1.82, 2.24) is 9.55 Å². The summed E-state index contributed by atoms with van der Waals surface area (Å²) in [6.07, 6.45) is 1.74. The number of benzene rings is 1. The number of carbonyl (C=O) groups excluding carboxylic acids is 1. The number of nitrogens with zero attached hydrogens (tertiary/aromatic N) is 2. The third-order valence-corrected chi connectivity index (χ3v) is 2.87. The molecule has 5 nitrogen and oxygen atoms in total. The highest BCUT2D eigenvalue weighted by atomic mass is 16.5. The van der Waals surface area contributed by atoms with Crippen LogP contribution in [0.3, 0.4) is 0 Å². The van der Waals surface area contributed by atoms with Gasteiger partial charge in [0.15, 0.2) is 0 Å². The first kappa shape index (κ1) is 11.6. The largest absolute Gasteiger partial charge is 0.469 e. The van der Waals surface area contributed by atoms with Crippen molar-refractivity contribution in [2.75, 3.05) is 13.7 Å². The van der Waals surface area contributed by atoms with E-state index >= 15 is 0 Å². The number of nitrogens with two attached hydrogens (primary N) is 1. The fourth-order valence-electron chi connectivity index (χ4n) is 1.88. The van der Waals surface area contributed by atoms with E-state index < -0.39 is 5.92 Å². The smallest absolute Gasteiger partial charge is 0.314 e. The normalized spacial score (nSPS) is 12.6. The Balaban J connectivity index is 2.44. The first-order chi connectivity index (χ1) is 8.17. The maximum absolute atomic E-state index is 11.6. The summed E-state index contributed by atoms with van der Waals surface area (Å²) in [5, 5.41) is 0. The fourth-order valence-corrected chi connectivity index (χ4v) is 1.88. The van der Waals surface area contributed by atoms with Crippen LogP contribution in [0.5, 0.6) is 0 Å². The summed E-state index contributed by atoms with van der Waals surface area (Å²) in [7, 11) is 3.29. The van der Waals surface area contributed by atoms with Gasteiger partial charge in [-0.15, -0.1) is 0 Å². The monoisotopic (exact) mass is 233 g/mol. The van der Waals surface area contributed by atoms with Crippen LogP contribution in [-0.4, -0.2) is 29.2 Å². The second-order valence-electron chi connectivity index (χ2n) is 3.92. The van der Waals surface area contributed by atoms with E-state index in [2.05, 4.69) is 4.98 Å². The Kier molecular flexibility index (Phi) is 3.10. The molecule has 5 heteroatoms. The second kappa shape index (κ2) is 4.55. The lowest BCUT2D eigenvalue weighted by Gasteiger charge is -2.12. The molecule has 0 bridgehead atoms. The van der Waals surface area contributed by atoms with E-state index in [4.69, 9.17) is 10.5 Å². The Bertz CT molecular complexity index is 548. The van der Waals surface area contributed by atoms with Gasteiger partial charge < -0.3 is 15.0 Å². The molecule has 1 aromatic heterocycles. The van der Waals surface area contributed by atoms with Crippen LogP contribution in [0.15, 0.2) is 24.5 Å². The number of hydrogen-bond donors (Lipinski definition) is 1. The molecule has 1 atom stereocenters. The molecule has 2 aromatic rings. The zero-order chi connectivity index (χ0) is 12.4. The van der Waals surface area contributed by atoms with Gasteiger partial charge in [0.1, 0.15) is 0 Å². The van der Waals surface area contributed by atoms with Crippen molar-refractivity contribution >= 4 is 17.0 Å². The van der Waals surface area contributed by atoms with Crippen molar-refractivity contribution in [3.05, 3.63) is 30.1 Å². The van der Waals surface area contributed by atoms with Crippen molar-refractivity contribution in [2.24, 2.45) is 12.8 Å². The molecular formula is C12H15N3O2. The summed E-state index contributed by atoms with van der Waals surface area (Å²) in [6.45, 7) is 0.227. The van der Waals surface area contributed by atoms with E-state index in [0.29, 0.717) is 0 Å². The lowest BCUT2D eigenvalue weighted by molar-refractivity contribution is -0.142. The van der Waals surface area contributed by atoms with Crippen LogP contribution in [0.25, 0.3) is 11.0 Å². The van der Waals surface area contributed by atoms with Gasteiger partial charge in [0.25, 0.3) is 0 Å². The summed E-state index contributed by atoms with van der Waals surface area (Å²) in [4.78, 5) is 15.8. The Morgan fingerprint density at radius 2 is 2.35 bits per heavy atom. The number of aryl methyl sites for hydroxylation is 1. The van der Waals surface area contributed by atoms with Crippen LogP contribution >= 0.6 is 0 Å². The molecule has 0 radical (unpaired) electrons. The van der Waals surface area contributed by atoms with Gasteiger partial charge in [-0.1, -0.05) is 6.07 Å². The second-order valence-corrected chi connectivity index (χ2v) is 3.92. The Labute approximate surface area is 99.2 Å². The van der Waals surface area contributed by atoms with Crippen molar-refractivity contribution in [3.63, 3.8) is 0 Å². The van der Waals surface area contributed by atoms with Crippen LogP contribution in [0.1, 0.15) is 11.5 Å². The molecule has 2 N–H and O–H groups in total. The molecule has 1 unspecified atom stereocenters. The first-order valence-corrected chi connectivity index (χ1v) is 5.36. The average Bonchev–Trinajstić information content (AvgIpc) is 2.71. The maximum atomic E-state index is 11.6. The van der Waals surface area contributed by atoms with Crippen LogP contribution in [-0.2, 0) is 16.6 Å². The summed E-state index contributed by atoms with van der Waals surface area (Å²) in [6, 6.07) is 5.70. The number of esters is 1. The molecule has 0 aliphatic heterocycles. The fraction of sp³-hybridized carbons (Fsp3) is 0.333. The predicted octanol–water partition coefficient (Wildman–Crippen LogP) is 0.789. The SMILES string of the molecule is COC(=O)C(CN)c1ccc2c(c1)ncn2C. The molecule has 0 aliphatic carbocycles. The summed E-state index contributed by atoms with van der Waals surface area (Å²) >= 11 is 0. The van der Waals surface area contributed by atoms with E-state index in [1.54, 1.807) is 6.33 Å². The van der Waals surface area contributed by atoms with Crippen LogP contribution in [0.2, 0.25) is 0 Å². The van der Waals surface area contributed by atoms with Crippen molar-refractivity contribution in [1.29, 1.82) is 0 Å². The van der Waals surface area contributed by atoms with E-state index in [1.807, 2.05) is 29.8 Å². The van der Waals surface area contributed by atoms with E-state index in [0.717, 1.165) is 16.6 Å². The third-order valence-electron chi connectivity index (χ3n) is 2.87. The number of hydrogen-bond acceptors (Lipinski definition) is 4. The van der Waals surface area contributed by atoms with E-state index in [1.165, 1.54) is 7.11 Å². The number of imidazole rings is 1. The molecule has 0 saturated heterocycles. The van der Waals surface area contributed by atoms with Gasteiger partial charge in [-0.05, 0) is 17.7 Å². The van der Waals surface area contributed by atoms with Crippen LogP contribution in [0.4, 0.5) is 0 Å². The topological polar surface area (TPSA) is 70.1 Å². The standard InChI is InChI=1S/C12H15N3O2/c1-15-7-14-10-5-8(3-4-11(10)15)9(6-13)12(16)17-2/h3-5,7,9H,6,13H2,1-2H3. The van der Waals surface area contributed by atoms with Gasteiger partial charge in [-0.3, -0.25) is 4.79 Å². The first-order valence-electron chi connectivity index (χ1n) is 5.36. The Morgan fingerprint density at radius 3 is 3.00 bits per heavy atom. The number of fused-ring (bicyclic) bond motifs is 1. The van der Waals surface area contributed by atoms with Gasteiger partial charge in [-0.2, -0.15) is 0 Å². The number of ether oxygens (including phenoxy) is 1. The quantitative estimate of drug-likeness (QED) is 0.796. The minimum Gasteiger partial charge on any atom is -0.469 e. The predicted molar refractivity (Wildman–Crippen MR) is 64.5 cm³/mol. The zero-order valence-corrected chi connectivity index (χ0v) is 9.88. The molecule has 0 fully saturated rings. The van der Waals surface area contributed by atoms with Crippen molar-refractivity contribution in [2.45, 2.75) is 5.92 Å². The summed E-state index contributed by atoms with van der Waals surface area (Å²) in [5.41, 5.74) is 8.32. The van der Waals surface area contributed by atoms with E-state index in [-0.39, 0.29) is 12.5 Å². The van der Waals surface area contributed by atoms with E-state index in [9.17, 15) is 4.79 Å². The molecule has 2 rings (SSSR count). The Morgan fingerprint density at radius 1 is 1.59 bits per heavy atom. The van der Waals surface area contributed by atoms with Crippen LogP contribution < -0.4 is 5.73 Å². The number of aromatic nitrogens is 2. The maximum Gasteiger partial charge on any atom is 0.314 e. The number of rotatable bonds is 3. The molecule has 1 heterocycles. The van der Waals surface area contributed by atoms with Crippen LogP contribution in [0, 0.1) is 0 Å². The molecule has 0 aliphatic rings. The van der Waals surface area contributed by atoms with Gasteiger partial charge in [0.2, 0.25) is 0 Å². The minimum absolute atomic E-state index is 0.227. The van der Waals surface area contributed by atoms with Crippen molar-refractivity contribution in [3.8, 4) is 0 Å². The minimum atomic E-state index is -0.425. The zero-order valence-electron chi connectivity index (χ0n) is 9.88. The molecule has 90 valence electrons. The molecule has 0 amide bonds. The highest BCUT2D eigenvalue weighted by molar-refractivity contribution is 5.82. The summed E-state index contributed by atoms with van der Waals surface area (Å²) < 4.78 is 6.66. The third kappa shape index (κ3) is 2.01. The molecule has 17 heavy (non-hydrogen) atoms. The molecule has 0 saturated carbocycles. The number of methoxy groups -OCH3 is 1. The van der Waals surface area contributed by atoms with Crippen molar-refractivity contribution < 1.29 is 9.53 Å². The number of carbonyl (C=O) groups is 1. The molecular weight excluding hydrogens is 218 g/mol. The Hall–Kier alpha value is -1.88. The van der Waals surface area contributed by atoms with Gasteiger partial charge >= 0.3 is 5.97 Å². The highest BCUT2D eigenvalue weighted by Gasteiger charge is 2.20. The average molecular weight is 233 g/mol. The lowest BCUT2D eigenvalue weighted by atomic mass is 9.99. The van der Waals surface area contributed by atoms with Gasteiger partial charge in [0.05, 0.1) is 30.4 Å². The van der Waals surface area contributed by atoms with Gasteiger partial charge in [-0.25, -0.2) is 4.98 Å². The molecule has 1 aromatic carbocycles.